The Balaban J connectivity index is 1.98. The fourth-order valence-corrected chi connectivity index (χ4v) is 4.98. The summed E-state index contributed by atoms with van der Waals surface area (Å²) in [6, 6.07) is 6.05. The van der Waals surface area contributed by atoms with Gasteiger partial charge in [-0.25, -0.2) is 15.0 Å². The fraction of sp³-hybridized carbons (Fsp3) is 0.278. The van der Waals surface area contributed by atoms with Crippen molar-refractivity contribution in [2.45, 2.75) is 24.8 Å². The zero-order chi connectivity index (χ0) is 18.2. The summed E-state index contributed by atoms with van der Waals surface area (Å²) in [6.07, 6.45) is 7.56. The predicted molar refractivity (Wildman–Crippen MR) is 109 cm³/mol. The number of hydrogen-bond donors (Lipinski definition) is 0. The molecule has 0 bridgehead atoms. The Labute approximate surface area is 165 Å². The first-order chi connectivity index (χ1) is 12.8. The summed E-state index contributed by atoms with van der Waals surface area (Å²) in [5.41, 5.74) is 1.92. The van der Waals surface area contributed by atoms with Gasteiger partial charge in [-0.1, -0.05) is 25.1 Å². The molecule has 0 radical (unpaired) electrons. The first-order valence-corrected chi connectivity index (χ1v) is 11.2. The molecule has 3 aromatic rings. The van der Waals surface area contributed by atoms with Gasteiger partial charge in [0.25, 0.3) is 0 Å². The summed E-state index contributed by atoms with van der Waals surface area (Å²) in [5, 5.41) is 13.9. The SMILES string of the molecule is CCCCSCSc1nc(-c2cccnc2)nc(-c2nccs2)c1C#N. The molecule has 0 atom stereocenters. The largest absolute Gasteiger partial charge is 0.264 e. The number of nitrogens with zero attached hydrogens (tertiary/aromatic N) is 5. The third-order valence-electron chi connectivity index (χ3n) is 3.46. The summed E-state index contributed by atoms with van der Waals surface area (Å²) in [5.74, 6) is 1.69. The first-order valence-electron chi connectivity index (χ1n) is 8.16. The van der Waals surface area contributed by atoms with Crippen LogP contribution in [0.4, 0.5) is 0 Å². The van der Waals surface area contributed by atoms with Gasteiger partial charge in [0.2, 0.25) is 0 Å². The Bertz CT molecular complexity index is 876. The lowest BCUT2D eigenvalue weighted by Crippen LogP contribution is -2.00. The van der Waals surface area contributed by atoms with Crippen molar-refractivity contribution in [1.29, 1.82) is 5.26 Å². The molecule has 8 heteroatoms. The summed E-state index contributed by atoms with van der Waals surface area (Å²) in [4.78, 5) is 17.8. The van der Waals surface area contributed by atoms with Crippen molar-refractivity contribution in [3.8, 4) is 28.2 Å². The van der Waals surface area contributed by atoms with E-state index in [1.165, 1.54) is 24.2 Å². The van der Waals surface area contributed by atoms with E-state index >= 15 is 0 Å². The van der Waals surface area contributed by atoms with Crippen molar-refractivity contribution in [2.24, 2.45) is 0 Å². The third kappa shape index (κ3) is 4.61. The van der Waals surface area contributed by atoms with Crippen LogP contribution in [0.1, 0.15) is 25.3 Å². The molecule has 0 aliphatic heterocycles. The number of pyridine rings is 1. The molecule has 5 nitrogen and oxygen atoms in total. The van der Waals surface area contributed by atoms with Gasteiger partial charge >= 0.3 is 0 Å². The highest BCUT2D eigenvalue weighted by molar-refractivity contribution is 8.15. The van der Waals surface area contributed by atoms with Gasteiger partial charge in [0.1, 0.15) is 27.4 Å². The van der Waals surface area contributed by atoms with Crippen LogP contribution in [0.25, 0.3) is 22.1 Å². The molecule has 0 saturated heterocycles. The first kappa shape index (κ1) is 18.8. The molecule has 0 amide bonds. The molecule has 3 aromatic heterocycles. The Hall–Kier alpha value is -1.95. The van der Waals surface area contributed by atoms with Crippen LogP contribution in [-0.2, 0) is 0 Å². The molecule has 0 unspecified atom stereocenters. The van der Waals surface area contributed by atoms with Crippen LogP contribution in [0.5, 0.6) is 0 Å². The van der Waals surface area contributed by atoms with Gasteiger partial charge in [0, 0.05) is 34.6 Å². The van der Waals surface area contributed by atoms with Crippen molar-refractivity contribution >= 4 is 34.9 Å². The number of nitriles is 1. The van der Waals surface area contributed by atoms with E-state index in [0.29, 0.717) is 22.1 Å². The molecular formula is C18H17N5S3. The quantitative estimate of drug-likeness (QED) is 0.225. The Morgan fingerprint density at radius 2 is 2.19 bits per heavy atom. The summed E-state index contributed by atoms with van der Waals surface area (Å²) < 4.78 is 0. The van der Waals surface area contributed by atoms with Crippen molar-refractivity contribution < 1.29 is 0 Å². The molecule has 0 spiro atoms. The smallest absolute Gasteiger partial charge is 0.162 e. The lowest BCUT2D eigenvalue weighted by molar-refractivity contribution is 0.897. The van der Waals surface area contributed by atoms with E-state index in [1.807, 2.05) is 29.3 Å². The van der Waals surface area contributed by atoms with Crippen molar-refractivity contribution in [3.05, 3.63) is 41.7 Å². The van der Waals surface area contributed by atoms with Crippen LogP contribution in [0.2, 0.25) is 0 Å². The number of thioether (sulfide) groups is 2. The van der Waals surface area contributed by atoms with Crippen LogP contribution in [0, 0.1) is 11.3 Å². The maximum Gasteiger partial charge on any atom is 0.162 e. The summed E-state index contributed by atoms with van der Waals surface area (Å²) in [7, 11) is 0. The molecule has 0 saturated carbocycles. The number of unbranched alkanes of at least 4 members (excludes halogenated alkanes) is 1. The number of aromatic nitrogens is 4. The van der Waals surface area contributed by atoms with E-state index in [2.05, 4.69) is 32.9 Å². The Morgan fingerprint density at radius 1 is 1.27 bits per heavy atom. The maximum atomic E-state index is 9.71. The fourth-order valence-electron chi connectivity index (χ4n) is 2.17. The van der Waals surface area contributed by atoms with Crippen molar-refractivity contribution in [1.82, 2.24) is 19.9 Å². The highest BCUT2D eigenvalue weighted by atomic mass is 32.2. The predicted octanol–water partition coefficient (Wildman–Crippen LogP) is 5.12. The van der Waals surface area contributed by atoms with Gasteiger partial charge in [0.15, 0.2) is 5.82 Å². The van der Waals surface area contributed by atoms with Crippen LogP contribution < -0.4 is 0 Å². The Morgan fingerprint density at radius 3 is 2.88 bits per heavy atom. The maximum absolute atomic E-state index is 9.71. The molecule has 26 heavy (non-hydrogen) atoms. The third-order valence-corrected chi connectivity index (χ3v) is 6.53. The molecular weight excluding hydrogens is 382 g/mol. The van der Waals surface area contributed by atoms with Crippen LogP contribution in [0.15, 0.2) is 41.1 Å². The van der Waals surface area contributed by atoms with Crippen LogP contribution >= 0.6 is 34.9 Å². The lowest BCUT2D eigenvalue weighted by Gasteiger charge is -2.09. The molecule has 0 fully saturated rings. The molecule has 3 heterocycles. The molecule has 0 aliphatic rings. The minimum Gasteiger partial charge on any atom is -0.264 e. The van der Waals surface area contributed by atoms with E-state index < -0.39 is 0 Å². The molecule has 132 valence electrons. The lowest BCUT2D eigenvalue weighted by atomic mass is 10.2. The number of rotatable bonds is 8. The second-order valence-corrected chi connectivity index (χ2v) is 8.62. The second kappa shape index (κ2) is 9.67. The molecule has 0 aliphatic carbocycles. The minimum absolute atomic E-state index is 0.494. The highest BCUT2D eigenvalue weighted by Crippen LogP contribution is 2.33. The van der Waals surface area contributed by atoms with Gasteiger partial charge in [-0.3, -0.25) is 4.98 Å². The number of hydrogen-bond acceptors (Lipinski definition) is 8. The number of thiazole rings is 1. The summed E-state index contributed by atoms with van der Waals surface area (Å²) in [6.45, 7) is 2.19. The highest BCUT2D eigenvalue weighted by Gasteiger charge is 2.19. The topological polar surface area (TPSA) is 75.3 Å². The Kier molecular flexibility index (Phi) is 7.00. The normalized spacial score (nSPS) is 10.6. The molecule has 0 N–H and O–H groups in total. The van der Waals surface area contributed by atoms with E-state index in [-0.39, 0.29) is 0 Å². The summed E-state index contributed by atoms with van der Waals surface area (Å²) >= 11 is 4.92. The molecule has 0 aromatic carbocycles. The van der Waals surface area contributed by atoms with Gasteiger partial charge in [-0.2, -0.15) is 17.0 Å². The van der Waals surface area contributed by atoms with E-state index in [1.54, 1.807) is 30.4 Å². The van der Waals surface area contributed by atoms with Crippen LogP contribution in [-0.4, -0.2) is 30.8 Å². The zero-order valence-corrected chi connectivity index (χ0v) is 16.7. The minimum atomic E-state index is 0.494. The standard InChI is InChI=1S/C18H17N5S3/c1-2-3-8-24-12-26-17-14(10-19)15(18-21-7-9-25-18)22-16(23-17)13-5-4-6-20-11-13/h4-7,9,11H,2-3,8,12H2,1H3. The van der Waals surface area contributed by atoms with E-state index in [9.17, 15) is 5.26 Å². The monoisotopic (exact) mass is 399 g/mol. The van der Waals surface area contributed by atoms with E-state index in [0.717, 1.165) is 21.4 Å². The van der Waals surface area contributed by atoms with Crippen LogP contribution in [0.3, 0.4) is 0 Å². The second-order valence-electron chi connectivity index (χ2n) is 5.29. The van der Waals surface area contributed by atoms with Gasteiger partial charge < -0.3 is 0 Å². The van der Waals surface area contributed by atoms with Gasteiger partial charge in [-0.05, 0) is 24.3 Å². The van der Waals surface area contributed by atoms with Crippen molar-refractivity contribution in [2.75, 3.05) is 10.8 Å². The average Bonchev–Trinajstić information content (AvgIpc) is 3.22. The van der Waals surface area contributed by atoms with E-state index in [4.69, 9.17) is 0 Å². The van der Waals surface area contributed by atoms with Gasteiger partial charge in [-0.15, -0.1) is 11.3 Å². The average molecular weight is 400 g/mol. The van der Waals surface area contributed by atoms with Crippen molar-refractivity contribution in [3.63, 3.8) is 0 Å². The molecule has 3 rings (SSSR count). The zero-order valence-electron chi connectivity index (χ0n) is 14.3. The van der Waals surface area contributed by atoms with Gasteiger partial charge in [0.05, 0.1) is 0 Å².